The van der Waals surface area contributed by atoms with E-state index >= 15 is 0 Å². The molecule has 1 aromatic rings. The molecule has 3 heteroatoms. The van der Waals surface area contributed by atoms with E-state index in [1.165, 1.54) is 37.2 Å². The third-order valence-electron chi connectivity index (χ3n) is 3.70. The standard InChI is InChI=1S/C15H25N3/c1-3-6-17-7-9-18(10-8-17)12-14-11-13(2)4-5-15(14)16/h4-5,11H,3,6-10,12,16H2,1-2H3. The van der Waals surface area contributed by atoms with Crippen LogP contribution in [-0.2, 0) is 6.54 Å². The molecular weight excluding hydrogens is 222 g/mol. The molecule has 1 aliphatic rings. The summed E-state index contributed by atoms with van der Waals surface area (Å²) in [6, 6.07) is 6.32. The Morgan fingerprint density at radius 1 is 1.11 bits per heavy atom. The van der Waals surface area contributed by atoms with Gasteiger partial charge in [0.15, 0.2) is 0 Å². The lowest BCUT2D eigenvalue weighted by molar-refractivity contribution is 0.127. The molecule has 0 atom stereocenters. The van der Waals surface area contributed by atoms with Gasteiger partial charge in [0.05, 0.1) is 0 Å². The van der Waals surface area contributed by atoms with Crippen LogP contribution < -0.4 is 5.73 Å². The average Bonchev–Trinajstić information content (AvgIpc) is 2.37. The zero-order valence-corrected chi connectivity index (χ0v) is 11.7. The van der Waals surface area contributed by atoms with Crippen LogP contribution in [0.1, 0.15) is 24.5 Å². The van der Waals surface area contributed by atoms with Gasteiger partial charge in [-0.3, -0.25) is 4.90 Å². The Hall–Kier alpha value is -1.06. The topological polar surface area (TPSA) is 32.5 Å². The molecule has 0 radical (unpaired) electrons. The first-order valence-corrected chi connectivity index (χ1v) is 6.98. The molecule has 0 bridgehead atoms. The Balaban J connectivity index is 1.89. The Kier molecular flexibility index (Phi) is 4.61. The van der Waals surface area contributed by atoms with Crippen molar-refractivity contribution in [3.8, 4) is 0 Å². The van der Waals surface area contributed by atoms with Crippen LogP contribution in [0.3, 0.4) is 0 Å². The molecule has 1 fully saturated rings. The van der Waals surface area contributed by atoms with Crippen LogP contribution in [0.4, 0.5) is 5.69 Å². The Morgan fingerprint density at radius 2 is 1.78 bits per heavy atom. The summed E-state index contributed by atoms with van der Waals surface area (Å²) in [5.74, 6) is 0. The van der Waals surface area contributed by atoms with Crippen molar-refractivity contribution in [2.24, 2.45) is 0 Å². The maximum absolute atomic E-state index is 6.04. The van der Waals surface area contributed by atoms with Gasteiger partial charge in [0.25, 0.3) is 0 Å². The largest absolute Gasteiger partial charge is 0.398 e. The lowest BCUT2D eigenvalue weighted by Gasteiger charge is -2.34. The zero-order valence-electron chi connectivity index (χ0n) is 11.7. The third-order valence-corrected chi connectivity index (χ3v) is 3.70. The molecule has 3 nitrogen and oxygen atoms in total. The SMILES string of the molecule is CCCN1CCN(Cc2cc(C)ccc2N)CC1. The predicted molar refractivity (Wildman–Crippen MR) is 77.6 cm³/mol. The molecule has 2 N–H and O–H groups in total. The van der Waals surface area contributed by atoms with Gasteiger partial charge in [-0.15, -0.1) is 0 Å². The molecule has 1 heterocycles. The van der Waals surface area contributed by atoms with Crippen LogP contribution in [0.5, 0.6) is 0 Å². The van der Waals surface area contributed by atoms with Crippen LogP contribution in [0.2, 0.25) is 0 Å². The second kappa shape index (κ2) is 6.21. The Morgan fingerprint density at radius 3 is 2.44 bits per heavy atom. The van der Waals surface area contributed by atoms with Crippen LogP contribution in [0.25, 0.3) is 0 Å². The second-order valence-electron chi connectivity index (χ2n) is 5.32. The summed E-state index contributed by atoms with van der Waals surface area (Å²) in [7, 11) is 0. The third kappa shape index (κ3) is 3.47. The Labute approximate surface area is 111 Å². The number of benzene rings is 1. The maximum atomic E-state index is 6.04. The zero-order chi connectivity index (χ0) is 13.0. The van der Waals surface area contributed by atoms with E-state index in [1.807, 2.05) is 6.07 Å². The fourth-order valence-corrected chi connectivity index (χ4v) is 2.60. The Bertz CT molecular complexity index is 381. The molecular formula is C15H25N3. The average molecular weight is 247 g/mol. The quantitative estimate of drug-likeness (QED) is 0.827. The first-order chi connectivity index (χ1) is 8.69. The summed E-state index contributed by atoms with van der Waals surface area (Å²) >= 11 is 0. The van der Waals surface area contributed by atoms with Crippen LogP contribution in [-0.4, -0.2) is 42.5 Å². The van der Waals surface area contributed by atoms with Gasteiger partial charge in [0.2, 0.25) is 0 Å². The summed E-state index contributed by atoms with van der Waals surface area (Å²) in [6.45, 7) is 11.3. The van der Waals surface area contributed by atoms with Gasteiger partial charge in [0.1, 0.15) is 0 Å². The van der Waals surface area contributed by atoms with Gasteiger partial charge in [-0.1, -0.05) is 24.6 Å². The fourth-order valence-electron chi connectivity index (χ4n) is 2.60. The van der Waals surface area contributed by atoms with E-state index in [0.29, 0.717) is 0 Å². The summed E-state index contributed by atoms with van der Waals surface area (Å²) in [5.41, 5.74) is 9.54. The summed E-state index contributed by atoms with van der Waals surface area (Å²) in [5, 5.41) is 0. The second-order valence-corrected chi connectivity index (χ2v) is 5.32. The van der Waals surface area contributed by atoms with Crippen molar-refractivity contribution in [3.05, 3.63) is 29.3 Å². The molecule has 2 rings (SSSR count). The predicted octanol–water partition coefficient (Wildman–Crippen LogP) is 2.10. The number of hydrogen-bond acceptors (Lipinski definition) is 3. The molecule has 1 aliphatic heterocycles. The number of rotatable bonds is 4. The van der Waals surface area contributed by atoms with Gasteiger partial charge in [-0.2, -0.15) is 0 Å². The molecule has 0 spiro atoms. The number of nitrogens with zero attached hydrogens (tertiary/aromatic N) is 2. The monoisotopic (exact) mass is 247 g/mol. The van der Waals surface area contributed by atoms with E-state index in [1.54, 1.807) is 0 Å². The number of nitrogens with two attached hydrogens (primary N) is 1. The van der Waals surface area contributed by atoms with E-state index in [2.05, 4.69) is 35.8 Å². The van der Waals surface area contributed by atoms with E-state index in [-0.39, 0.29) is 0 Å². The van der Waals surface area contributed by atoms with E-state index in [4.69, 9.17) is 5.73 Å². The number of aryl methyl sites for hydroxylation is 1. The van der Waals surface area contributed by atoms with Crippen LogP contribution in [0.15, 0.2) is 18.2 Å². The van der Waals surface area contributed by atoms with Crippen molar-refractivity contribution >= 4 is 5.69 Å². The lowest BCUT2D eigenvalue weighted by atomic mass is 10.1. The van der Waals surface area contributed by atoms with E-state index < -0.39 is 0 Å². The highest BCUT2D eigenvalue weighted by Crippen LogP contribution is 2.17. The minimum Gasteiger partial charge on any atom is -0.398 e. The molecule has 1 aromatic carbocycles. The molecule has 0 saturated carbocycles. The molecule has 0 amide bonds. The van der Waals surface area contributed by atoms with E-state index in [9.17, 15) is 0 Å². The highest BCUT2D eigenvalue weighted by Gasteiger charge is 2.16. The van der Waals surface area contributed by atoms with Crippen molar-refractivity contribution < 1.29 is 0 Å². The number of nitrogen functional groups attached to an aromatic ring is 1. The normalized spacial score (nSPS) is 18.1. The molecule has 100 valence electrons. The van der Waals surface area contributed by atoms with Crippen LogP contribution in [0, 0.1) is 6.92 Å². The summed E-state index contributed by atoms with van der Waals surface area (Å²) in [4.78, 5) is 5.06. The van der Waals surface area contributed by atoms with Gasteiger partial charge < -0.3 is 10.6 Å². The summed E-state index contributed by atoms with van der Waals surface area (Å²) in [6.07, 6.45) is 1.25. The number of anilines is 1. The first kappa shape index (κ1) is 13.4. The van der Waals surface area contributed by atoms with Crippen molar-refractivity contribution in [2.45, 2.75) is 26.8 Å². The molecule has 0 unspecified atom stereocenters. The first-order valence-electron chi connectivity index (χ1n) is 6.98. The van der Waals surface area contributed by atoms with Crippen molar-refractivity contribution in [1.29, 1.82) is 0 Å². The molecule has 0 aliphatic carbocycles. The smallest absolute Gasteiger partial charge is 0.0359 e. The fraction of sp³-hybridized carbons (Fsp3) is 0.600. The van der Waals surface area contributed by atoms with Crippen molar-refractivity contribution in [1.82, 2.24) is 9.80 Å². The molecule has 18 heavy (non-hydrogen) atoms. The molecule has 1 saturated heterocycles. The van der Waals surface area contributed by atoms with Crippen molar-refractivity contribution in [2.75, 3.05) is 38.5 Å². The van der Waals surface area contributed by atoms with Crippen molar-refractivity contribution in [3.63, 3.8) is 0 Å². The van der Waals surface area contributed by atoms with E-state index in [0.717, 1.165) is 25.3 Å². The lowest BCUT2D eigenvalue weighted by Crippen LogP contribution is -2.46. The highest BCUT2D eigenvalue weighted by atomic mass is 15.3. The number of piperazine rings is 1. The minimum absolute atomic E-state index is 0.927. The summed E-state index contributed by atoms with van der Waals surface area (Å²) < 4.78 is 0. The molecule has 0 aromatic heterocycles. The van der Waals surface area contributed by atoms with Gasteiger partial charge >= 0.3 is 0 Å². The van der Waals surface area contributed by atoms with Gasteiger partial charge in [0, 0.05) is 38.4 Å². The van der Waals surface area contributed by atoms with Gasteiger partial charge in [-0.25, -0.2) is 0 Å². The highest BCUT2D eigenvalue weighted by molar-refractivity contribution is 5.48. The minimum atomic E-state index is 0.927. The number of hydrogen-bond donors (Lipinski definition) is 1. The van der Waals surface area contributed by atoms with Crippen LogP contribution >= 0.6 is 0 Å². The van der Waals surface area contributed by atoms with Gasteiger partial charge in [-0.05, 0) is 31.5 Å². The maximum Gasteiger partial charge on any atom is 0.0359 e.